The minimum absolute atomic E-state index is 0.141. The number of furan rings is 1. The quantitative estimate of drug-likeness (QED) is 0.573. The van der Waals surface area contributed by atoms with Gasteiger partial charge in [0.25, 0.3) is 5.91 Å². The third kappa shape index (κ3) is 5.16. The highest BCUT2D eigenvalue weighted by molar-refractivity contribution is 6.40. The number of nitriles is 1. The maximum absolute atomic E-state index is 12.8. The van der Waals surface area contributed by atoms with Crippen LogP contribution in [-0.4, -0.2) is 42.3 Å². The molecule has 168 valence electrons. The van der Waals surface area contributed by atoms with E-state index in [1.165, 1.54) is 18.2 Å². The Morgan fingerprint density at radius 3 is 2.58 bits per heavy atom. The smallest absolute Gasteiger partial charge is 0.313 e. The molecule has 0 unspecified atom stereocenters. The largest absolute Gasteiger partial charge is 0.451 e. The van der Waals surface area contributed by atoms with Gasteiger partial charge in [0.1, 0.15) is 11.7 Å². The number of benzene rings is 2. The maximum Gasteiger partial charge on any atom is 0.313 e. The van der Waals surface area contributed by atoms with Crippen LogP contribution in [0.15, 0.2) is 52.9 Å². The summed E-state index contributed by atoms with van der Waals surface area (Å²) in [6.07, 6.45) is 1.39. The van der Waals surface area contributed by atoms with Crippen molar-refractivity contribution in [3.8, 4) is 6.07 Å². The minimum Gasteiger partial charge on any atom is -0.451 e. The zero-order valence-corrected chi connectivity index (χ0v) is 18.4. The maximum atomic E-state index is 12.8. The molecule has 0 spiro atoms. The van der Waals surface area contributed by atoms with Gasteiger partial charge in [-0.3, -0.25) is 14.4 Å². The zero-order chi connectivity index (χ0) is 23.4. The highest BCUT2D eigenvalue weighted by atomic mass is 35.5. The first-order chi connectivity index (χ1) is 15.9. The lowest BCUT2D eigenvalue weighted by molar-refractivity contribution is -0.136. The number of hydrogen-bond acceptors (Lipinski definition) is 5. The summed E-state index contributed by atoms with van der Waals surface area (Å²) >= 11 is 5.90. The number of carbonyl (C=O) groups is 3. The summed E-state index contributed by atoms with van der Waals surface area (Å²) in [5.74, 6) is -1.35. The van der Waals surface area contributed by atoms with E-state index in [0.29, 0.717) is 48.8 Å². The molecular formula is C24H21ClN4O4. The van der Waals surface area contributed by atoms with Gasteiger partial charge < -0.3 is 20.0 Å². The Morgan fingerprint density at radius 2 is 1.85 bits per heavy atom. The fourth-order valence-corrected chi connectivity index (χ4v) is 3.97. The van der Waals surface area contributed by atoms with Crippen molar-refractivity contribution in [1.29, 1.82) is 5.26 Å². The lowest BCUT2D eigenvalue weighted by Gasteiger charge is -2.31. The first-order valence-electron chi connectivity index (χ1n) is 10.5. The standard InChI is InChI=1S/C24H21ClN4O4/c25-18-6-5-17(13-26)19(12-18)28-23(31)22(30)27-14-15-7-9-29(10-8-15)24(32)21-11-16-3-1-2-4-20(16)33-21/h1-6,11-12,15H,7-10,14H2,(H,27,30)(H,28,31). The van der Waals surface area contributed by atoms with Crippen LogP contribution in [0.1, 0.15) is 29.0 Å². The fourth-order valence-electron chi connectivity index (χ4n) is 3.80. The van der Waals surface area contributed by atoms with Crippen LogP contribution in [0, 0.1) is 17.2 Å². The van der Waals surface area contributed by atoms with Gasteiger partial charge in [-0.2, -0.15) is 5.26 Å². The SMILES string of the molecule is N#Cc1ccc(Cl)cc1NC(=O)C(=O)NCC1CCN(C(=O)c2cc3ccccc3o2)CC1. The second-order valence-electron chi connectivity index (χ2n) is 7.85. The summed E-state index contributed by atoms with van der Waals surface area (Å²) in [7, 11) is 0. The monoisotopic (exact) mass is 464 g/mol. The number of fused-ring (bicyclic) bond motifs is 1. The van der Waals surface area contributed by atoms with E-state index >= 15 is 0 Å². The van der Waals surface area contributed by atoms with Crippen molar-refractivity contribution >= 4 is 46.0 Å². The summed E-state index contributed by atoms with van der Waals surface area (Å²) in [4.78, 5) is 38.9. The third-order valence-corrected chi connectivity index (χ3v) is 5.88. The molecule has 8 nitrogen and oxygen atoms in total. The molecule has 1 aliphatic heterocycles. The number of piperidine rings is 1. The molecule has 1 aliphatic rings. The summed E-state index contributed by atoms with van der Waals surface area (Å²) in [5.41, 5.74) is 1.07. The highest BCUT2D eigenvalue weighted by Crippen LogP contribution is 2.23. The molecule has 0 atom stereocenters. The number of anilines is 1. The molecule has 3 aromatic rings. The molecule has 2 aromatic carbocycles. The van der Waals surface area contributed by atoms with Gasteiger partial charge in [0.05, 0.1) is 11.3 Å². The Hall–Kier alpha value is -3.83. The molecule has 1 fully saturated rings. The Morgan fingerprint density at radius 1 is 1.09 bits per heavy atom. The molecule has 0 aliphatic carbocycles. The van der Waals surface area contributed by atoms with Gasteiger partial charge in [-0.15, -0.1) is 0 Å². The summed E-state index contributed by atoms with van der Waals surface area (Å²) in [5, 5.41) is 15.4. The van der Waals surface area contributed by atoms with Crippen LogP contribution in [0.3, 0.4) is 0 Å². The molecule has 2 N–H and O–H groups in total. The zero-order valence-electron chi connectivity index (χ0n) is 17.6. The molecule has 1 aromatic heterocycles. The minimum atomic E-state index is -0.869. The molecule has 0 radical (unpaired) electrons. The second-order valence-corrected chi connectivity index (χ2v) is 8.29. The van der Waals surface area contributed by atoms with Crippen molar-refractivity contribution in [3.05, 3.63) is 64.9 Å². The van der Waals surface area contributed by atoms with Crippen LogP contribution in [0.5, 0.6) is 0 Å². The van der Waals surface area contributed by atoms with Crippen LogP contribution in [0.25, 0.3) is 11.0 Å². The van der Waals surface area contributed by atoms with Crippen LogP contribution >= 0.6 is 11.6 Å². The van der Waals surface area contributed by atoms with E-state index in [9.17, 15) is 14.4 Å². The van der Waals surface area contributed by atoms with Crippen LogP contribution < -0.4 is 10.6 Å². The third-order valence-electron chi connectivity index (χ3n) is 5.65. The lowest BCUT2D eigenvalue weighted by Crippen LogP contribution is -2.43. The van der Waals surface area contributed by atoms with E-state index in [1.807, 2.05) is 30.3 Å². The number of carbonyl (C=O) groups excluding carboxylic acids is 3. The Bertz CT molecular complexity index is 1220. The molecule has 0 saturated carbocycles. The second kappa shape index (κ2) is 9.76. The van der Waals surface area contributed by atoms with E-state index in [2.05, 4.69) is 10.6 Å². The van der Waals surface area contributed by atoms with E-state index in [0.717, 1.165) is 5.39 Å². The number of halogens is 1. The van der Waals surface area contributed by atoms with Gasteiger partial charge in [-0.05, 0) is 49.1 Å². The number of amides is 3. The van der Waals surface area contributed by atoms with Gasteiger partial charge in [0.15, 0.2) is 5.76 Å². The molecule has 2 heterocycles. The molecule has 33 heavy (non-hydrogen) atoms. The average Bonchev–Trinajstić information content (AvgIpc) is 3.27. The molecule has 9 heteroatoms. The van der Waals surface area contributed by atoms with Crippen molar-refractivity contribution in [3.63, 3.8) is 0 Å². The summed E-state index contributed by atoms with van der Waals surface area (Å²) < 4.78 is 5.67. The number of likely N-dealkylation sites (tertiary alicyclic amines) is 1. The number of para-hydroxylation sites is 1. The predicted octanol–water partition coefficient (Wildman–Crippen LogP) is 3.56. The first-order valence-corrected chi connectivity index (χ1v) is 10.9. The molecule has 3 amide bonds. The van der Waals surface area contributed by atoms with Gasteiger partial charge in [0, 0.05) is 30.0 Å². The fraction of sp³-hybridized carbons (Fsp3) is 0.250. The highest BCUT2D eigenvalue weighted by Gasteiger charge is 2.26. The number of hydrogen-bond donors (Lipinski definition) is 2. The van der Waals surface area contributed by atoms with Gasteiger partial charge in [-0.1, -0.05) is 29.8 Å². The Labute approximate surface area is 195 Å². The molecule has 4 rings (SSSR count). The average molecular weight is 465 g/mol. The van der Waals surface area contributed by atoms with Crippen molar-refractivity contribution < 1.29 is 18.8 Å². The predicted molar refractivity (Wildman–Crippen MR) is 123 cm³/mol. The van der Waals surface area contributed by atoms with Crippen LogP contribution in [-0.2, 0) is 9.59 Å². The Kier molecular flexibility index (Phi) is 6.61. The van der Waals surface area contributed by atoms with Crippen molar-refractivity contribution in [2.75, 3.05) is 25.0 Å². The van der Waals surface area contributed by atoms with E-state index in [1.54, 1.807) is 11.0 Å². The Balaban J connectivity index is 1.26. The first kappa shape index (κ1) is 22.4. The number of nitrogens with zero attached hydrogens (tertiary/aromatic N) is 2. The summed E-state index contributed by atoms with van der Waals surface area (Å²) in [6.45, 7) is 1.40. The molecule has 1 saturated heterocycles. The number of nitrogens with one attached hydrogen (secondary N) is 2. The van der Waals surface area contributed by atoms with Gasteiger partial charge in [-0.25, -0.2) is 0 Å². The van der Waals surface area contributed by atoms with Crippen molar-refractivity contribution in [2.45, 2.75) is 12.8 Å². The van der Waals surface area contributed by atoms with Gasteiger partial charge in [0.2, 0.25) is 0 Å². The van der Waals surface area contributed by atoms with E-state index < -0.39 is 11.8 Å². The van der Waals surface area contributed by atoms with E-state index in [4.69, 9.17) is 21.3 Å². The lowest BCUT2D eigenvalue weighted by atomic mass is 9.96. The van der Waals surface area contributed by atoms with Crippen molar-refractivity contribution in [2.24, 2.45) is 5.92 Å². The molecular weight excluding hydrogens is 444 g/mol. The van der Waals surface area contributed by atoms with Crippen LogP contribution in [0.2, 0.25) is 5.02 Å². The van der Waals surface area contributed by atoms with Gasteiger partial charge >= 0.3 is 11.8 Å². The summed E-state index contributed by atoms with van der Waals surface area (Å²) in [6, 6.07) is 15.6. The topological polar surface area (TPSA) is 115 Å². The van der Waals surface area contributed by atoms with Crippen LogP contribution in [0.4, 0.5) is 5.69 Å². The molecule has 0 bridgehead atoms. The number of rotatable bonds is 4. The van der Waals surface area contributed by atoms with Crippen molar-refractivity contribution in [1.82, 2.24) is 10.2 Å². The van der Waals surface area contributed by atoms with E-state index in [-0.39, 0.29) is 23.1 Å². The normalized spacial score (nSPS) is 14.0.